The highest BCUT2D eigenvalue weighted by molar-refractivity contribution is 6.09. The van der Waals surface area contributed by atoms with E-state index in [9.17, 15) is 14.4 Å². The van der Waals surface area contributed by atoms with Gasteiger partial charge in [0.05, 0.1) is 12.0 Å². The Balaban J connectivity index is 1.05. The van der Waals surface area contributed by atoms with E-state index in [0.29, 0.717) is 29.7 Å². The average molecular weight is 597 g/mol. The molecular formula is C36H36O8. The van der Waals surface area contributed by atoms with E-state index >= 15 is 0 Å². The normalized spacial score (nSPS) is 42.5. The fraction of sp³-hybridized carbons (Fsp3) is 0.528. The first-order chi connectivity index (χ1) is 21.1. The number of carbonyl (C=O) groups is 3. The molecule has 44 heavy (non-hydrogen) atoms. The van der Waals surface area contributed by atoms with Gasteiger partial charge < -0.3 is 23.7 Å². The number of ether oxygens (including phenoxy) is 5. The van der Waals surface area contributed by atoms with Crippen LogP contribution in [0.4, 0.5) is 0 Å². The van der Waals surface area contributed by atoms with Crippen molar-refractivity contribution in [3.8, 4) is 0 Å². The molecule has 2 aromatic carbocycles. The summed E-state index contributed by atoms with van der Waals surface area (Å²) in [6, 6.07) is 16.4. The Morgan fingerprint density at radius 1 is 0.955 bits per heavy atom. The Morgan fingerprint density at radius 3 is 2.50 bits per heavy atom. The van der Waals surface area contributed by atoms with E-state index in [-0.39, 0.29) is 53.3 Å². The molecule has 228 valence electrons. The van der Waals surface area contributed by atoms with Gasteiger partial charge in [0.15, 0.2) is 17.5 Å². The lowest BCUT2D eigenvalue weighted by atomic mass is 9.46. The fourth-order valence-electron chi connectivity index (χ4n) is 9.90. The van der Waals surface area contributed by atoms with Crippen molar-refractivity contribution in [3.63, 3.8) is 0 Å². The third kappa shape index (κ3) is 3.03. The maximum absolute atomic E-state index is 14.1. The molecule has 8 heteroatoms. The van der Waals surface area contributed by atoms with Crippen LogP contribution in [0.1, 0.15) is 74.4 Å². The van der Waals surface area contributed by atoms with Crippen molar-refractivity contribution in [2.24, 2.45) is 17.3 Å². The number of hydrogen-bond donors (Lipinski definition) is 0. The van der Waals surface area contributed by atoms with Crippen LogP contribution in [0.3, 0.4) is 0 Å². The topological polar surface area (TPSA) is 107 Å². The van der Waals surface area contributed by atoms with Crippen molar-refractivity contribution in [2.75, 3.05) is 6.61 Å². The van der Waals surface area contributed by atoms with E-state index in [1.165, 1.54) is 0 Å². The van der Waals surface area contributed by atoms with Crippen LogP contribution in [0.2, 0.25) is 0 Å². The molecule has 0 aromatic heterocycles. The Morgan fingerprint density at radius 2 is 1.73 bits per heavy atom. The Bertz CT molecular complexity index is 1680. The van der Waals surface area contributed by atoms with Crippen LogP contribution < -0.4 is 0 Å². The number of ketones is 1. The number of rotatable bonds is 6. The third-order valence-corrected chi connectivity index (χ3v) is 12.3. The summed E-state index contributed by atoms with van der Waals surface area (Å²) in [5.41, 5.74) is 1.31. The molecule has 0 N–H and O–H groups in total. The number of epoxide rings is 3. The summed E-state index contributed by atoms with van der Waals surface area (Å²) >= 11 is 0. The third-order valence-electron chi connectivity index (χ3n) is 12.3. The van der Waals surface area contributed by atoms with E-state index in [4.69, 9.17) is 23.7 Å². The lowest BCUT2D eigenvalue weighted by Crippen LogP contribution is -2.70. The van der Waals surface area contributed by atoms with E-state index in [0.717, 1.165) is 24.0 Å². The van der Waals surface area contributed by atoms with Crippen LogP contribution >= 0.6 is 0 Å². The van der Waals surface area contributed by atoms with Gasteiger partial charge in [-0.15, -0.1) is 0 Å². The second-order valence-electron chi connectivity index (χ2n) is 14.4. The van der Waals surface area contributed by atoms with E-state index in [1.807, 2.05) is 37.3 Å². The molecule has 3 aliphatic carbocycles. The maximum atomic E-state index is 14.1. The molecule has 4 heterocycles. The summed E-state index contributed by atoms with van der Waals surface area (Å²) in [6.45, 7) is 8.65. The fourth-order valence-corrected chi connectivity index (χ4v) is 9.90. The van der Waals surface area contributed by atoms with Crippen molar-refractivity contribution in [2.45, 2.75) is 94.1 Å². The van der Waals surface area contributed by atoms with Gasteiger partial charge in [-0.2, -0.15) is 0 Å². The molecule has 5 fully saturated rings. The Hall–Kier alpha value is -3.33. The number of fused-ring (bicyclic) bond motifs is 4. The minimum absolute atomic E-state index is 0.0703. The van der Waals surface area contributed by atoms with E-state index in [1.54, 1.807) is 24.3 Å². The molecule has 2 spiro atoms. The van der Waals surface area contributed by atoms with Gasteiger partial charge >= 0.3 is 11.9 Å². The lowest BCUT2D eigenvalue weighted by Gasteiger charge is -2.53. The molecule has 0 amide bonds. The first-order valence-electron chi connectivity index (χ1n) is 15.9. The van der Waals surface area contributed by atoms with Gasteiger partial charge in [-0.25, -0.2) is 4.79 Å². The molecule has 8 nitrogen and oxygen atoms in total. The van der Waals surface area contributed by atoms with Gasteiger partial charge in [0, 0.05) is 22.1 Å². The highest BCUT2D eigenvalue weighted by Gasteiger charge is 3.01. The SMILES string of the molecule is CC(C(=O)OC1C2(C(C)C)OC2C2OC23C2(C)CCC4=C(COC4=O)C2CC2OC213)c1cccc(C(=O)c2ccccc2)c1. The molecule has 7 aliphatic rings. The first kappa shape index (κ1) is 27.0. The van der Waals surface area contributed by atoms with Crippen molar-refractivity contribution < 1.29 is 38.1 Å². The molecule has 9 rings (SSSR count). The molecule has 3 saturated heterocycles. The molecule has 2 saturated carbocycles. The minimum atomic E-state index is -0.803. The summed E-state index contributed by atoms with van der Waals surface area (Å²) in [5, 5.41) is 0. The summed E-state index contributed by atoms with van der Waals surface area (Å²) in [4.78, 5) is 39.7. The van der Waals surface area contributed by atoms with Crippen LogP contribution in [0.25, 0.3) is 0 Å². The first-order valence-corrected chi connectivity index (χ1v) is 15.9. The van der Waals surface area contributed by atoms with Crippen molar-refractivity contribution in [1.82, 2.24) is 0 Å². The van der Waals surface area contributed by atoms with Crippen LogP contribution in [0, 0.1) is 17.3 Å². The second kappa shape index (κ2) is 8.47. The zero-order valence-corrected chi connectivity index (χ0v) is 25.3. The summed E-state index contributed by atoms with van der Waals surface area (Å²) in [7, 11) is 0. The monoisotopic (exact) mass is 596 g/mol. The van der Waals surface area contributed by atoms with Crippen LogP contribution in [-0.2, 0) is 33.3 Å². The number of benzene rings is 2. The number of carbonyl (C=O) groups excluding carboxylic acids is 3. The van der Waals surface area contributed by atoms with Crippen molar-refractivity contribution in [1.29, 1.82) is 0 Å². The van der Waals surface area contributed by atoms with E-state index < -0.39 is 28.8 Å². The highest BCUT2D eigenvalue weighted by atomic mass is 16.8. The second-order valence-corrected chi connectivity index (χ2v) is 14.4. The highest BCUT2D eigenvalue weighted by Crippen LogP contribution is 2.83. The van der Waals surface area contributed by atoms with Gasteiger partial charge in [-0.1, -0.05) is 69.3 Å². The van der Waals surface area contributed by atoms with Gasteiger partial charge in [0.25, 0.3) is 0 Å². The number of cyclic esters (lactones) is 1. The smallest absolute Gasteiger partial charge is 0.334 e. The predicted octanol–water partition coefficient (Wildman–Crippen LogP) is 4.69. The van der Waals surface area contributed by atoms with Crippen LogP contribution in [0.15, 0.2) is 65.7 Å². The minimum Gasteiger partial charge on any atom is -0.458 e. The zero-order chi connectivity index (χ0) is 30.4. The van der Waals surface area contributed by atoms with Crippen molar-refractivity contribution in [3.05, 3.63) is 82.4 Å². The zero-order valence-electron chi connectivity index (χ0n) is 25.3. The molecule has 10 atom stereocenters. The molecule has 0 radical (unpaired) electrons. The average Bonchev–Trinajstić information content (AvgIpc) is 3.95. The summed E-state index contributed by atoms with van der Waals surface area (Å²) < 4.78 is 32.2. The summed E-state index contributed by atoms with van der Waals surface area (Å²) in [5.74, 6) is -1.09. The van der Waals surface area contributed by atoms with E-state index in [2.05, 4.69) is 20.8 Å². The largest absolute Gasteiger partial charge is 0.458 e. The molecular weight excluding hydrogens is 560 g/mol. The standard InChI is InChI=1S/C36H36O8/c1-18(2)34-28(43-34)29-36(44-29)33(4)14-13-23-24(17-40-31(23)39)25(33)16-26-35(36,42-26)32(34)41-30(38)19(3)21-11-8-12-22(15-21)27(37)20-9-6-5-7-10-20/h5-12,15,18-19,25-26,28-29,32H,13-14,16-17H2,1-4H3. The van der Waals surface area contributed by atoms with Gasteiger partial charge in [0.1, 0.15) is 30.0 Å². The Labute approximate surface area is 256 Å². The van der Waals surface area contributed by atoms with Gasteiger partial charge in [-0.3, -0.25) is 9.59 Å². The quantitative estimate of drug-likeness (QED) is 0.269. The predicted molar refractivity (Wildman–Crippen MR) is 156 cm³/mol. The van der Waals surface area contributed by atoms with Gasteiger partial charge in [-0.05, 0) is 55.2 Å². The number of esters is 2. The van der Waals surface area contributed by atoms with Gasteiger partial charge in [0.2, 0.25) is 0 Å². The Kier molecular flexibility index (Phi) is 5.20. The molecule has 4 aliphatic heterocycles. The molecule has 2 aromatic rings. The summed E-state index contributed by atoms with van der Waals surface area (Å²) in [6.07, 6.45) is 1.02. The van der Waals surface area contributed by atoms with Crippen LogP contribution in [-0.4, -0.2) is 65.5 Å². The maximum Gasteiger partial charge on any atom is 0.334 e. The lowest BCUT2D eigenvalue weighted by molar-refractivity contribution is -0.170. The molecule has 0 bridgehead atoms. The number of hydrogen-bond acceptors (Lipinski definition) is 8. The molecule has 10 unspecified atom stereocenters. The van der Waals surface area contributed by atoms with Crippen LogP contribution in [0.5, 0.6) is 0 Å². The van der Waals surface area contributed by atoms with Crippen molar-refractivity contribution >= 4 is 17.7 Å².